The van der Waals surface area contributed by atoms with E-state index in [1.807, 2.05) is 79.7 Å². The van der Waals surface area contributed by atoms with E-state index in [1.54, 1.807) is 17.9 Å². The Morgan fingerprint density at radius 3 is 2.64 bits per heavy atom. The molecule has 0 radical (unpaired) electrons. The molecule has 9 heteroatoms. The van der Waals surface area contributed by atoms with E-state index in [9.17, 15) is 4.79 Å². The molecule has 0 aliphatic heterocycles. The number of nitrogens with zero attached hydrogens (tertiary/aromatic N) is 4. The van der Waals surface area contributed by atoms with Crippen molar-refractivity contribution in [2.75, 3.05) is 19.0 Å². The zero-order chi connectivity index (χ0) is 23.0. The molecule has 0 aliphatic carbocycles. The minimum absolute atomic E-state index is 0.202. The molecule has 0 spiro atoms. The summed E-state index contributed by atoms with van der Waals surface area (Å²) in [6.45, 7) is 2.43. The number of carbonyl (C=O) groups excluding carboxylic acids is 1. The third kappa shape index (κ3) is 5.32. The first-order valence-corrected chi connectivity index (χ1v) is 11.2. The molecule has 0 fully saturated rings. The van der Waals surface area contributed by atoms with Crippen molar-refractivity contribution in [1.82, 2.24) is 20.2 Å². The van der Waals surface area contributed by atoms with Gasteiger partial charge >= 0.3 is 0 Å². The maximum absolute atomic E-state index is 13.4. The summed E-state index contributed by atoms with van der Waals surface area (Å²) in [5.74, 6) is 1.12. The van der Waals surface area contributed by atoms with E-state index in [2.05, 4.69) is 20.8 Å². The second-order valence-corrected chi connectivity index (χ2v) is 7.98. The summed E-state index contributed by atoms with van der Waals surface area (Å²) < 4.78 is 12.6. The number of amides is 1. The van der Waals surface area contributed by atoms with Crippen molar-refractivity contribution in [3.63, 3.8) is 0 Å². The van der Waals surface area contributed by atoms with Crippen molar-refractivity contribution in [3.05, 3.63) is 84.4 Å². The van der Waals surface area contributed by atoms with Gasteiger partial charge in [-0.1, -0.05) is 60.3 Å². The number of hydrogen-bond acceptors (Lipinski definition) is 7. The van der Waals surface area contributed by atoms with E-state index in [-0.39, 0.29) is 5.91 Å². The summed E-state index contributed by atoms with van der Waals surface area (Å²) in [6, 6.07) is 24.3. The van der Waals surface area contributed by atoms with Crippen LogP contribution in [0, 0.1) is 0 Å². The van der Waals surface area contributed by atoms with Crippen LogP contribution >= 0.6 is 11.8 Å². The summed E-state index contributed by atoms with van der Waals surface area (Å²) >= 11 is 1.26. The van der Waals surface area contributed by atoms with Crippen molar-refractivity contribution in [2.45, 2.75) is 17.3 Å². The second-order valence-electron chi connectivity index (χ2n) is 6.90. The summed E-state index contributed by atoms with van der Waals surface area (Å²) in [5, 5.41) is 15.0. The van der Waals surface area contributed by atoms with E-state index in [4.69, 9.17) is 9.47 Å². The van der Waals surface area contributed by atoms with Gasteiger partial charge in [-0.3, -0.25) is 4.79 Å². The van der Waals surface area contributed by atoms with Crippen LogP contribution in [0.5, 0.6) is 11.5 Å². The largest absolute Gasteiger partial charge is 0.497 e. The molecule has 33 heavy (non-hydrogen) atoms. The highest BCUT2D eigenvalue weighted by Crippen LogP contribution is 2.37. The number of aromatic nitrogens is 4. The molecule has 1 N–H and O–H groups in total. The molecule has 0 bridgehead atoms. The van der Waals surface area contributed by atoms with Crippen LogP contribution in [0.25, 0.3) is 5.69 Å². The Balaban J connectivity index is 1.66. The van der Waals surface area contributed by atoms with E-state index < -0.39 is 5.25 Å². The van der Waals surface area contributed by atoms with Crippen LogP contribution in [0.1, 0.15) is 17.7 Å². The molecule has 0 saturated carbocycles. The Bertz CT molecular complexity index is 1220. The Kier molecular flexibility index (Phi) is 7.21. The number of hydrogen-bond donors (Lipinski definition) is 1. The highest BCUT2D eigenvalue weighted by Gasteiger charge is 2.26. The van der Waals surface area contributed by atoms with Gasteiger partial charge in [0.1, 0.15) is 22.4 Å². The lowest BCUT2D eigenvalue weighted by molar-refractivity contribution is -0.115. The number of benzene rings is 3. The number of rotatable bonds is 9. The lowest BCUT2D eigenvalue weighted by atomic mass is 10.1. The maximum Gasteiger partial charge on any atom is 0.242 e. The van der Waals surface area contributed by atoms with Gasteiger partial charge in [0.2, 0.25) is 11.1 Å². The molecule has 1 aromatic heterocycles. The van der Waals surface area contributed by atoms with Crippen molar-refractivity contribution < 1.29 is 14.3 Å². The predicted octanol–water partition coefficient (Wildman–Crippen LogP) is 4.54. The number of methoxy groups -OCH3 is 1. The third-order valence-electron chi connectivity index (χ3n) is 4.74. The summed E-state index contributed by atoms with van der Waals surface area (Å²) in [6.07, 6.45) is 0. The first-order valence-electron chi connectivity index (χ1n) is 10.4. The second kappa shape index (κ2) is 10.6. The molecule has 8 nitrogen and oxygen atoms in total. The van der Waals surface area contributed by atoms with Crippen molar-refractivity contribution in [3.8, 4) is 17.2 Å². The van der Waals surface area contributed by atoms with Gasteiger partial charge in [0, 0.05) is 11.8 Å². The molecule has 0 saturated heterocycles. The molecule has 4 rings (SSSR count). The number of tetrazole rings is 1. The molecule has 1 amide bonds. The highest BCUT2D eigenvalue weighted by atomic mass is 32.2. The zero-order valence-electron chi connectivity index (χ0n) is 18.2. The number of anilines is 1. The fraction of sp³-hybridized carbons (Fsp3) is 0.167. The SMILES string of the molecule is CCOc1ccccc1-n1nnnc1SC(C(=O)Nc1cccc(OC)c1)c1ccccc1. The van der Waals surface area contributed by atoms with E-state index in [0.717, 1.165) is 5.56 Å². The Morgan fingerprint density at radius 1 is 1.06 bits per heavy atom. The average Bonchev–Trinajstić information content (AvgIpc) is 3.32. The molecule has 1 atom stereocenters. The first kappa shape index (κ1) is 22.3. The van der Waals surface area contributed by atoms with E-state index in [1.165, 1.54) is 11.8 Å². The van der Waals surface area contributed by atoms with Crippen molar-refractivity contribution in [1.29, 1.82) is 0 Å². The quantitative estimate of drug-likeness (QED) is 0.366. The van der Waals surface area contributed by atoms with Gasteiger partial charge in [-0.25, -0.2) is 0 Å². The average molecular weight is 462 g/mol. The topological polar surface area (TPSA) is 91.2 Å². The maximum atomic E-state index is 13.4. The van der Waals surface area contributed by atoms with E-state index in [0.29, 0.717) is 34.6 Å². The van der Waals surface area contributed by atoms with Gasteiger partial charge < -0.3 is 14.8 Å². The summed E-state index contributed by atoms with van der Waals surface area (Å²) in [5.41, 5.74) is 2.17. The van der Waals surface area contributed by atoms with E-state index >= 15 is 0 Å². The van der Waals surface area contributed by atoms with Gasteiger partial charge in [0.15, 0.2) is 0 Å². The minimum Gasteiger partial charge on any atom is -0.497 e. The van der Waals surface area contributed by atoms with Crippen LogP contribution in [0.4, 0.5) is 5.69 Å². The fourth-order valence-electron chi connectivity index (χ4n) is 3.23. The number of para-hydroxylation sites is 2. The number of ether oxygens (including phenoxy) is 2. The van der Waals surface area contributed by atoms with Crippen LogP contribution in [-0.2, 0) is 4.79 Å². The molecule has 1 heterocycles. The first-order chi connectivity index (χ1) is 16.2. The molecule has 0 aliphatic rings. The van der Waals surface area contributed by atoms with Crippen LogP contribution in [0.15, 0.2) is 84.0 Å². The highest BCUT2D eigenvalue weighted by molar-refractivity contribution is 8.00. The third-order valence-corrected chi connectivity index (χ3v) is 5.92. The Labute approximate surface area is 195 Å². The molecule has 3 aromatic carbocycles. The Hall–Kier alpha value is -3.85. The number of carbonyl (C=O) groups is 1. The summed E-state index contributed by atoms with van der Waals surface area (Å²) in [7, 11) is 1.59. The van der Waals surface area contributed by atoms with Gasteiger partial charge in [0.25, 0.3) is 0 Å². The molecule has 4 aromatic rings. The zero-order valence-corrected chi connectivity index (χ0v) is 19.0. The predicted molar refractivity (Wildman–Crippen MR) is 127 cm³/mol. The van der Waals surface area contributed by atoms with Gasteiger partial charge in [-0.2, -0.15) is 4.68 Å². The standard InChI is InChI=1S/C24H23N5O3S/c1-3-32-21-15-8-7-14-20(21)29-24(26-27-28-29)33-22(17-10-5-4-6-11-17)23(30)25-18-12-9-13-19(16-18)31-2/h4-16,22H,3H2,1-2H3,(H,25,30). The van der Waals surface area contributed by atoms with Crippen LogP contribution in [0.3, 0.4) is 0 Å². The van der Waals surface area contributed by atoms with Gasteiger partial charge in [0.05, 0.1) is 13.7 Å². The molecular formula is C24H23N5O3S. The molecular weight excluding hydrogens is 438 g/mol. The smallest absolute Gasteiger partial charge is 0.242 e. The number of nitrogens with one attached hydrogen (secondary N) is 1. The lowest BCUT2D eigenvalue weighted by Gasteiger charge is -2.17. The number of thioether (sulfide) groups is 1. The minimum atomic E-state index is -0.596. The van der Waals surface area contributed by atoms with Crippen LogP contribution in [0.2, 0.25) is 0 Å². The summed E-state index contributed by atoms with van der Waals surface area (Å²) in [4.78, 5) is 13.4. The molecule has 168 valence electrons. The Morgan fingerprint density at radius 2 is 1.85 bits per heavy atom. The monoisotopic (exact) mass is 461 g/mol. The van der Waals surface area contributed by atoms with Gasteiger partial charge in [-0.15, -0.1) is 5.10 Å². The van der Waals surface area contributed by atoms with Gasteiger partial charge in [-0.05, 0) is 47.2 Å². The molecule has 1 unspecified atom stereocenters. The van der Waals surface area contributed by atoms with Crippen LogP contribution < -0.4 is 14.8 Å². The normalized spacial score (nSPS) is 11.6. The van der Waals surface area contributed by atoms with Crippen LogP contribution in [-0.4, -0.2) is 39.8 Å². The van der Waals surface area contributed by atoms with Crippen molar-refractivity contribution >= 4 is 23.4 Å². The fourth-order valence-corrected chi connectivity index (χ4v) is 4.22. The van der Waals surface area contributed by atoms with Crippen molar-refractivity contribution in [2.24, 2.45) is 0 Å². The lowest BCUT2D eigenvalue weighted by Crippen LogP contribution is -2.19.